The monoisotopic (exact) mass is 220 g/mol. The number of rotatable bonds is 4. The number of nitrogens with one attached hydrogen (secondary N) is 2. The number of carbonyl (C=O) groups excluding carboxylic acids is 2. The zero-order chi connectivity index (χ0) is 11.8. The van der Waals surface area contributed by atoms with Crippen LogP contribution in [0.25, 0.3) is 0 Å². The van der Waals surface area contributed by atoms with Gasteiger partial charge in [-0.25, -0.2) is 4.79 Å². The van der Waals surface area contributed by atoms with Crippen LogP contribution in [0.2, 0.25) is 0 Å². The molecule has 0 aliphatic rings. The predicted octanol–water partition coefficient (Wildman–Crippen LogP) is 2.52. The second-order valence-electron chi connectivity index (χ2n) is 3.47. The maximum absolute atomic E-state index is 11.3. The Morgan fingerprint density at radius 3 is 2.50 bits per heavy atom. The quantitative estimate of drug-likeness (QED) is 0.819. The van der Waals surface area contributed by atoms with Crippen LogP contribution in [0.1, 0.15) is 26.2 Å². The molecule has 0 saturated carbocycles. The Kier molecular flexibility index (Phi) is 5.05. The Morgan fingerprint density at radius 2 is 1.88 bits per heavy atom. The first kappa shape index (κ1) is 12.2. The van der Waals surface area contributed by atoms with E-state index in [1.807, 2.05) is 25.1 Å². The number of hydrogen-bond acceptors (Lipinski definition) is 2. The summed E-state index contributed by atoms with van der Waals surface area (Å²) in [4.78, 5) is 22.6. The fourth-order valence-corrected chi connectivity index (χ4v) is 1.21. The number of hydrogen-bond donors (Lipinski definition) is 2. The van der Waals surface area contributed by atoms with Gasteiger partial charge in [-0.1, -0.05) is 31.5 Å². The summed E-state index contributed by atoms with van der Waals surface area (Å²) in [6, 6.07) is 8.53. The number of para-hydroxylation sites is 1. The molecule has 0 unspecified atom stereocenters. The van der Waals surface area contributed by atoms with Gasteiger partial charge in [0, 0.05) is 12.1 Å². The van der Waals surface area contributed by atoms with Crippen molar-refractivity contribution in [3.63, 3.8) is 0 Å². The summed E-state index contributed by atoms with van der Waals surface area (Å²) in [6.45, 7) is 2.00. The van der Waals surface area contributed by atoms with Crippen LogP contribution in [-0.2, 0) is 4.79 Å². The lowest BCUT2D eigenvalue weighted by Gasteiger charge is -2.05. The van der Waals surface area contributed by atoms with Crippen molar-refractivity contribution >= 4 is 17.6 Å². The smallest absolute Gasteiger partial charge is 0.308 e. The Bertz CT molecular complexity index is 349. The maximum Gasteiger partial charge on any atom is 0.325 e. The first-order valence-corrected chi connectivity index (χ1v) is 5.38. The fourth-order valence-electron chi connectivity index (χ4n) is 1.21. The Balaban J connectivity index is 2.34. The van der Waals surface area contributed by atoms with Crippen molar-refractivity contribution in [2.75, 3.05) is 5.32 Å². The van der Waals surface area contributed by atoms with Gasteiger partial charge >= 0.3 is 6.03 Å². The van der Waals surface area contributed by atoms with Crippen molar-refractivity contribution in [1.82, 2.24) is 5.32 Å². The topological polar surface area (TPSA) is 58.2 Å². The van der Waals surface area contributed by atoms with E-state index in [1.165, 1.54) is 0 Å². The molecular formula is C12H16N2O2. The van der Waals surface area contributed by atoms with Gasteiger partial charge in [0.15, 0.2) is 0 Å². The molecule has 0 heterocycles. The Hall–Kier alpha value is -1.84. The van der Waals surface area contributed by atoms with E-state index in [1.54, 1.807) is 12.1 Å². The minimum absolute atomic E-state index is 0.240. The number of unbranched alkanes of at least 4 members (excludes halogenated alkanes) is 1. The second-order valence-corrected chi connectivity index (χ2v) is 3.47. The van der Waals surface area contributed by atoms with Gasteiger partial charge in [0.2, 0.25) is 5.91 Å². The summed E-state index contributed by atoms with van der Waals surface area (Å²) in [5, 5.41) is 4.85. The van der Waals surface area contributed by atoms with Crippen molar-refractivity contribution in [2.24, 2.45) is 0 Å². The second kappa shape index (κ2) is 6.61. The van der Waals surface area contributed by atoms with Crippen LogP contribution in [0.5, 0.6) is 0 Å². The molecule has 3 amide bonds. The van der Waals surface area contributed by atoms with Gasteiger partial charge in [-0.2, -0.15) is 0 Å². The normalized spacial score (nSPS) is 9.56. The van der Waals surface area contributed by atoms with E-state index in [2.05, 4.69) is 10.6 Å². The number of urea groups is 1. The molecule has 86 valence electrons. The number of benzene rings is 1. The summed E-state index contributed by atoms with van der Waals surface area (Å²) in [5.74, 6) is -0.240. The third-order valence-electron chi connectivity index (χ3n) is 2.04. The molecule has 1 aromatic carbocycles. The highest BCUT2D eigenvalue weighted by molar-refractivity contribution is 6.01. The van der Waals surface area contributed by atoms with Crippen LogP contribution in [-0.4, -0.2) is 11.9 Å². The standard InChI is InChI=1S/C12H16N2O2/c1-2-3-9-11(15)14-12(16)13-10-7-5-4-6-8-10/h4-8H,2-3,9H2,1H3,(H2,13,14,15,16). The largest absolute Gasteiger partial charge is 0.325 e. The van der Waals surface area contributed by atoms with E-state index in [0.29, 0.717) is 12.1 Å². The minimum atomic E-state index is -0.479. The minimum Gasteiger partial charge on any atom is -0.308 e. The number of anilines is 1. The van der Waals surface area contributed by atoms with Gasteiger partial charge in [-0.05, 0) is 18.6 Å². The molecule has 1 aromatic rings. The van der Waals surface area contributed by atoms with Crippen LogP contribution in [0.15, 0.2) is 30.3 Å². The average molecular weight is 220 g/mol. The molecule has 4 nitrogen and oxygen atoms in total. The molecule has 0 fully saturated rings. The van der Waals surface area contributed by atoms with Crippen molar-refractivity contribution in [1.29, 1.82) is 0 Å². The Labute approximate surface area is 95.0 Å². The molecule has 0 atom stereocenters. The van der Waals surface area contributed by atoms with Crippen molar-refractivity contribution in [3.05, 3.63) is 30.3 Å². The summed E-state index contributed by atoms with van der Waals surface area (Å²) in [5.41, 5.74) is 0.670. The van der Waals surface area contributed by atoms with E-state index in [4.69, 9.17) is 0 Å². The zero-order valence-corrected chi connectivity index (χ0v) is 9.32. The molecule has 1 rings (SSSR count). The van der Waals surface area contributed by atoms with E-state index in [0.717, 1.165) is 12.8 Å². The van der Waals surface area contributed by atoms with Gasteiger partial charge in [-0.15, -0.1) is 0 Å². The lowest BCUT2D eigenvalue weighted by Crippen LogP contribution is -2.34. The SMILES string of the molecule is CCCCC(=O)NC(=O)Nc1ccccc1. The highest BCUT2D eigenvalue weighted by atomic mass is 16.2. The third-order valence-corrected chi connectivity index (χ3v) is 2.04. The van der Waals surface area contributed by atoms with Gasteiger partial charge in [0.05, 0.1) is 0 Å². The van der Waals surface area contributed by atoms with Crippen LogP contribution in [0.3, 0.4) is 0 Å². The van der Waals surface area contributed by atoms with E-state index in [9.17, 15) is 9.59 Å². The van der Waals surface area contributed by atoms with Crippen LogP contribution < -0.4 is 10.6 Å². The van der Waals surface area contributed by atoms with Crippen molar-refractivity contribution in [2.45, 2.75) is 26.2 Å². The van der Waals surface area contributed by atoms with Crippen LogP contribution in [0.4, 0.5) is 10.5 Å². The number of carbonyl (C=O) groups is 2. The van der Waals surface area contributed by atoms with Gasteiger partial charge < -0.3 is 5.32 Å². The lowest BCUT2D eigenvalue weighted by atomic mass is 10.2. The molecular weight excluding hydrogens is 204 g/mol. The summed E-state index contributed by atoms with van der Waals surface area (Å²) >= 11 is 0. The Morgan fingerprint density at radius 1 is 1.19 bits per heavy atom. The summed E-state index contributed by atoms with van der Waals surface area (Å²) < 4.78 is 0. The lowest BCUT2D eigenvalue weighted by molar-refractivity contribution is -0.120. The predicted molar refractivity (Wildman–Crippen MR) is 63.1 cm³/mol. The van der Waals surface area contributed by atoms with Gasteiger partial charge in [0.1, 0.15) is 0 Å². The molecule has 0 radical (unpaired) electrons. The fraction of sp³-hybridized carbons (Fsp3) is 0.333. The van der Waals surface area contributed by atoms with Crippen molar-refractivity contribution < 1.29 is 9.59 Å². The molecule has 0 aromatic heterocycles. The third kappa shape index (κ3) is 4.59. The van der Waals surface area contributed by atoms with E-state index >= 15 is 0 Å². The van der Waals surface area contributed by atoms with E-state index < -0.39 is 6.03 Å². The van der Waals surface area contributed by atoms with Crippen molar-refractivity contribution in [3.8, 4) is 0 Å². The maximum atomic E-state index is 11.3. The molecule has 0 spiro atoms. The van der Waals surface area contributed by atoms with E-state index in [-0.39, 0.29) is 5.91 Å². The molecule has 4 heteroatoms. The molecule has 0 bridgehead atoms. The molecule has 0 saturated heterocycles. The average Bonchev–Trinajstić information content (AvgIpc) is 2.27. The molecule has 16 heavy (non-hydrogen) atoms. The molecule has 0 aliphatic carbocycles. The summed E-state index contributed by atoms with van der Waals surface area (Å²) in [6.07, 6.45) is 2.12. The number of amides is 3. The highest BCUT2D eigenvalue weighted by Gasteiger charge is 2.06. The first-order valence-electron chi connectivity index (χ1n) is 5.38. The highest BCUT2D eigenvalue weighted by Crippen LogP contribution is 2.04. The van der Waals surface area contributed by atoms with Crippen LogP contribution >= 0.6 is 0 Å². The van der Waals surface area contributed by atoms with Gasteiger partial charge in [0.25, 0.3) is 0 Å². The first-order chi connectivity index (χ1) is 7.72. The zero-order valence-electron chi connectivity index (χ0n) is 9.32. The molecule has 0 aliphatic heterocycles. The number of imide groups is 1. The van der Waals surface area contributed by atoms with Crippen LogP contribution in [0, 0.1) is 0 Å². The van der Waals surface area contributed by atoms with Gasteiger partial charge in [-0.3, -0.25) is 10.1 Å². The molecule has 2 N–H and O–H groups in total. The summed E-state index contributed by atoms with van der Waals surface area (Å²) in [7, 11) is 0.